The summed E-state index contributed by atoms with van der Waals surface area (Å²) in [6, 6.07) is 10.8. The lowest BCUT2D eigenvalue weighted by atomic mass is 10.1. The number of amides is 1. The molecule has 2 unspecified atom stereocenters. The van der Waals surface area contributed by atoms with Gasteiger partial charge in [-0.1, -0.05) is 77.2 Å². The van der Waals surface area contributed by atoms with Gasteiger partial charge >= 0.3 is 24.0 Å². The molecule has 0 bridgehead atoms. The number of benzene rings is 1. The molecule has 1 rings (SSSR count). The van der Waals surface area contributed by atoms with E-state index in [0.29, 0.717) is 5.69 Å². The fourth-order valence-electron chi connectivity index (χ4n) is 4.80. The van der Waals surface area contributed by atoms with E-state index in [1.54, 1.807) is 6.07 Å². The molecule has 0 aromatic heterocycles. The van der Waals surface area contributed by atoms with Gasteiger partial charge in [-0.15, -0.1) is 4.39 Å². The minimum Gasteiger partial charge on any atom is -0.437 e. The summed E-state index contributed by atoms with van der Waals surface area (Å²) in [5.41, 5.74) is 1.66. The molecule has 0 N–H and O–H groups in total. The van der Waals surface area contributed by atoms with Gasteiger partial charge < -0.3 is 8.23 Å². The largest absolute Gasteiger partial charge is 0.437 e. The number of carbonyl (C=O) groups excluding carboxylic acids is 1. The van der Waals surface area contributed by atoms with Gasteiger partial charge in [0, 0.05) is 12.7 Å². The van der Waals surface area contributed by atoms with Crippen LogP contribution in [0, 0.1) is 0 Å². The number of hydrogen-bond acceptors (Lipinski definition) is 5. The first-order valence-electron chi connectivity index (χ1n) is 15.2. The summed E-state index contributed by atoms with van der Waals surface area (Å²) in [5, 5.41) is 0. The molecule has 0 radical (unpaired) electrons. The summed E-state index contributed by atoms with van der Waals surface area (Å²) in [5.74, 6) is 0. The average Bonchev–Trinajstić information content (AvgIpc) is 2.87. The topological polar surface area (TPSA) is 57.2 Å². The van der Waals surface area contributed by atoms with Gasteiger partial charge in [0.05, 0.1) is 7.59 Å². The zero-order valence-electron chi connectivity index (χ0n) is 27.3. The molecular formula is C28H58FNO5Si5. The Balaban J connectivity index is 2.93. The molecular weight excluding hydrogens is 590 g/mol. The van der Waals surface area contributed by atoms with Gasteiger partial charge in [0.15, 0.2) is 16.2 Å². The highest BCUT2D eigenvalue weighted by molar-refractivity contribution is 7.39. The Hall–Kier alpha value is -0.456. The second kappa shape index (κ2) is 17.0. The van der Waals surface area contributed by atoms with E-state index in [0.717, 1.165) is 41.8 Å². The highest BCUT2D eigenvalue weighted by Crippen LogP contribution is 2.32. The zero-order chi connectivity index (χ0) is 30.6. The van der Waals surface area contributed by atoms with Gasteiger partial charge in [0.25, 0.3) is 0 Å². The van der Waals surface area contributed by atoms with Crippen molar-refractivity contribution in [2.24, 2.45) is 0 Å². The molecule has 6 nitrogen and oxygen atoms in total. The first-order valence-corrected chi connectivity index (χ1v) is 30.1. The van der Waals surface area contributed by atoms with Crippen LogP contribution >= 0.6 is 0 Å². The van der Waals surface area contributed by atoms with E-state index in [4.69, 9.17) is 17.4 Å². The number of halogens is 1. The molecule has 40 heavy (non-hydrogen) atoms. The third-order valence-electron chi connectivity index (χ3n) is 8.14. The number of unbranched alkanes of at least 4 members (excludes halogenated alkanes) is 3. The molecule has 0 fully saturated rings. The lowest BCUT2D eigenvalue weighted by molar-refractivity contribution is -0.144. The van der Waals surface area contributed by atoms with E-state index in [1.807, 2.05) is 18.2 Å². The van der Waals surface area contributed by atoms with Gasteiger partial charge in [-0.2, -0.15) is 0 Å². The minimum atomic E-state index is -2.64. The standard InChI is InChI=1S/C28H58FNO5Si5/c1-12-14-22-37(5,6)34-36(4)32-33-40(11,35-39(9,10)38(7,8)23-15-13-2)24-17-16-19-26-20-18-21-27(25-26)30(3)28(29)31/h18,20-21,25,36H,12-17,19,22-24H2,1-11H3. The summed E-state index contributed by atoms with van der Waals surface area (Å²) in [6.07, 6.45) is 6.12. The Morgan fingerprint density at radius 1 is 0.925 bits per heavy atom. The Labute approximate surface area is 250 Å². The summed E-state index contributed by atoms with van der Waals surface area (Å²) >= 11 is 0. The predicted molar refractivity (Wildman–Crippen MR) is 180 cm³/mol. The molecule has 0 aliphatic rings. The third kappa shape index (κ3) is 13.2. The third-order valence-corrected chi connectivity index (χ3v) is 35.9. The van der Waals surface area contributed by atoms with Crippen LogP contribution in [-0.4, -0.2) is 54.8 Å². The molecule has 0 heterocycles. The molecule has 12 heteroatoms. The summed E-state index contributed by atoms with van der Waals surface area (Å²) in [7, 11) is -8.45. The van der Waals surface area contributed by atoms with Crippen LogP contribution in [-0.2, 0) is 23.8 Å². The van der Waals surface area contributed by atoms with E-state index in [2.05, 4.69) is 66.2 Å². The monoisotopic (exact) mass is 647 g/mol. The van der Waals surface area contributed by atoms with Crippen molar-refractivity contribution in [2.45, 2.75) is 129 Å². The van der Waals surface area contributed by atoms with Crippen molar-refractivity contribution in [3.8, 4) is 0 Å². The normalized spacial score (nSPS) is 15.1. The summed E-state index contributed by atoms with van der Waals surface area (Å²) in [4.78, 5) is 12.2. The molecule has 0 saturated heterocycles. The molecule has 1 amide bonds. The van der Waals surface area contributed by atoms with Gasteiger partial charge in [-0.3, -0.25) is 14.1 Å². The highest BCUT2D eigenvalue weighted by Gasteiger charge is 2.49. The predicted octanol–water partition coefficient (Wildman–Crippen LogP) is 9.24. The maximum Gasteiger partial charge on any atom is 0.404 e. The molecule has 1 aromatic carbocycles. The van der Waals surface area contributed by atoms with Crippen molar-refractivity contribution in [2.75, 3.05) is 11.9 Å². The van der Waals surface area contributed by atoms with Crippen LogP contribution in [0.5, 0.6) is 0 Å². The van der Waals surface area contributed by atoms with Crippen LogP contribution in [0.1, 0.15) is 57.9 Å². The van der Waals surface area contributed by atoms with E-state index in [-0.39, 0.29) is 0 Å². The lowest BCUT2D eigenvalue weighted by Gasteiger charge is -2.43. The number of anilines is 1. The van der Waals surface area contributed by atoms with Crippen molar-refractivity contribution in [3.63, 3.8) is 0 Å². The Bertz CT molecular complexity index is 908. The van der Waals surface area contributed by atoms with Crippen molar-refractivity contribution in [1.29, 1.82) is 0 Å². The van der Waals surface area contributed by atoms with E-state index >= 15 is 0 Å². The first kappa shape index (κ1) is 37.6. The smallest absolute Gasteiger partial charge is 0.404 e. The van der Waals surface area contributed by atoms with Gasteiger partial charge in [-0.25, -0.2) is 4.79 Å². The van der Waals surface area contributed by atoms with Crippen LogP contribution in [0.25, 0.3) is 0 Å². The Morgan fingerprint density at radius 3 is 2.15 bits per heavy atom. The summed E-state index contributed by atoms with van der Waals surface area (Å²) < 4.78 is 39.2. The zero-order valence-corrected chi connectivity index (χ0v) is 32.5. The molecule has 0 aliphatic carbocycles. The SMILES string of the molecule is CCCC[Si](C)(C)O[SiH](C)OO[Si](C)(CCCCc1cccc(N(C)C(=O)F)c1)O[Si](C)(C)[Si](C)(C)CCCC. The van der Waals surface area contributed by atoms with E-state index in [9.17, 15) is 9.18 Å². The highest BCUT2D eigenvalue weighted by atomic mass is 29.3. The second-order valence-corrected chi connectivity index (χ2v) is 38.2. The molecule has 0 aliphatic heterocycles. The number of carbonyl (C=O) groups is 1. The molecule has 232 valence electrons. The number of hydrogen-bond donors (Lipinski definition) is 0. The van der Waals surface area contributed by atoms with Gasteiger partial charge in [0.2, 0.25) is 0 Å². The Kier molecular flexibility index (Phi) is 16.0. The van der Waals surface area contributed by atoms with Crippen molar-refractivity contribution < 1.29 is 26.6 Å². The van der Waals surface area contributed by atoms with Crippen LogP contribution in [0.3, 0.4) is 0 Å². The quantitative estimate of drug-likeness (QED) is 0.0353. The minimum absolute atomic E-state index is 0.570. The first-order chi connectivity index (χ1) is 18.5. The van der Waals surface area contributed by atoms with E-state index in [1.165, 1.54) is 38.8 Å². The van der Waals surface area contributed by atoms with E-state index < -0.39 is 47.7 Å². The fourth-order valence-corrected chi connectivity index (χ4v) is 27.1. The summed E-state index contributed by atoms with van der Waals surface area (Å²) in [6.45, 7) is 23.0. The molecule has 1 aromatic rings. The lowest BCUT2D eigenvalue weighted by Crippen LogP contribution is -2.62. The van der Waals surface area contributed by atoms with Crippen LogP contribution in [0.15, 0.2) is 24.3 Å². The van der Waals surface area contributed by atoms with Crippen LogP contribution in [0.2, 0.25) is 70.5 Å². The maximum absolute atomic E-state index is 13.2. The molecule has 0 saturated carbocycles. The average molecular weight is 648 g/mol. The van der Waals surface area contributed by atoms with Gasteiger partial charge in [0.1, 0.15) is 0 Å². The number of nitrogens with zero attached hydrogens (tertiary/aromatic N) is 1. The number of aryl methyl sites for hydroxylation is 1. The van der Waals surface area contributed by atoms with Gasteiger partial charge in [-0.05, 0) is 81.9 Å². The van der Waals surface area contributed by atoms with Crippen LogP contribution in [0.4, 0.5) is 14.9 Å². The fraction of sp³-hybridized carbons (Fsp3) is 0.750. The van der Waals surface area contributed by atoms with Crippen molar-refractivity contribution in [1.82, 2.24) is 0 Å². The van der Waals surface area contributed by atoms with Crippen molar-refractivity contribution in [3.05, 3.63) is 29.8 Å². The van der Waals surface area contributed by atoms with Crippen molar-refractivity contribution >= 4 is 53.4 Å². The molecule has 2 atom stereocenters. The maximum atomic E-state index is 13.2. The Morgan fingerprint density at radius 2 is 1.55 bits per heavy atom. The number of rotatable bonds is 20. The second-order valence-electron chi connectivity index (χ2n) is 13.2. The van der Waals surface area contributed by atoms with Crippen LogP contribution < -0.4 is 4.90 Å². The molecule has 0 spiro atoms.